The summed E-state index contributed by atoms with van der Waals surface area (Å²) in [6, 6.07) is 6.62. The Kier molecular flexibility index (Phi) is 3.87. The van der Waals surface area contributed by atoms with Gasteiger partial charge in [0.05, 0.1) is 14.2 Å². The van der Waals surface area contributed by atoms with E-state index in [4.69, 9.17) is 10.5 Å². The van der Waals surface area contributed by atoms with Gasteiger partial charge in [-0.25, -0.2) is 4.79 Å². The number of benzene rings is 1. The molecule has 0 radical (unpaired) electrons. The molecule has 1 unspecified atom stereocenters. The van der Waals surface area contributed by atoms with E-state index in [1.54, 1.807) is 24.3 Å². The van der Waals surface area contributed by atoms with Crippen LogP contribution in [0.1, 0.15) is 5.56 Å². The highest BCUT2D eigenvalue weighted by molar-refractivity contribution is 5.82. The van der Waals surface area contributed by atoms with Gasteiger partial charge in [0, 0.05) is 12.1 Å². The van der Waals surface area contributed by atoms with Crippen molar-refractivity contribution in [2.24, 2.45) is 5.73 Å². The van der Waals surface area contributed by atoms with Gasteiger partial charge in [-0.3, -0.25) is 0 Å². The van der Waals surface area contributed by atoms with Crippen LogP contribution in [0.15, 0.2) is 24.3 Å². The smallest absolute Gasteiger partial charge is 0.344 e. The molecule has 0 aromatic heterocycles. The Hall–Kier alpha value is -1.59. The number of methoxy groups -OCH3 is 2. The van der Waals surface area contributed by atoms with E-state index < -0.39 is 11.6 Å². The largest absolute Gasteiger partial charge is 0.496 e. The maximum absolute atomic E-state index is 11.5. The Bertz CT molecular complexity index is 380. The fourth-order valence-corrected chi connectivity index (χ4v) is 1.46. The highest BCUT2D eigenvalue weighted by Crippen LogP contribution is 2.30. The maximum atomic E-state index is 11.5. The Morgan fingerprint density at radius 2 is 2.06 bits per heavy atom. The minimum absolute atomic E-state index is 0.278. The van der Waals surface area contributed by atoms with Crippen LogP contribution in [0, 0.1) is 0 Å². The zero-order valence-electron chi connectivity index (χ0n) is 9.27. The van der Waals surface area contributed by atoms with E-state index in [1.807, 2.05) is 0 Å². The number of hydrogen-bond acceptors (Lipinski definition) is 5. The van der Waals surface area contributed by atoms with Crippen LogP contribution < -0.4 is 10.5 Å². The molecule has 5 heteroatoms. The third-order valence-electron chi connectivity index (χ3n) is 2.37. The second kappa shape index (κ2) is 4.96. The van der Waals surface area contributed by atoms with Crippen molar-refractivity contribution in [3.8, 4) is 5.75 Å². The van der Waals surface area contributed by atoms with Crippen LogP contribution in [0.2, 0.25) is 0 Å². The first-order chi connectivity index (χ1) is 7.60. The van der Waals surface area contributed by atoms with Crippen LogP contribution in [-0.4, -0.2) is 31.8 Å². The average Bonchev–Trinajstić information content (AvgIpc) is 2.36. The molecule has 0 bridgehead atoms. The highest BCUT2D eigenvalue weighted by Gasteiger charge is 2.40. The number of rotatable bonds is 4. The summed E-state index contributed by atoms with van der Waals surface area (Å²) >= 11 is 0. The number of nitrogens with two attached hydrogens (primary N) is 1. The quantitative estimate of drug-likeness (QED) is 0.706. The highest BCUT2D eigenvalue weighted by atomic mass is 16.5. The van der Waals surface area contributed by atoms with Crippen molar-refractivity contribution in [2.75, 3.05) is 20.8 Å². The van der Waals surface area contributed by atoms with Gasteiger partial charge in [-0.1, -0.05) is 18.2 Å². The van der Waals surface area contributed by atoms with E-state index >= 15 is 0 Å². The molecule has 0 amide bonds. The summed E-state index contributed by atoms with van der Waals surface area (Å²) in [5.41, 5.74) is 3.86. The van der Waals surface area contributed by atoms with Gasteiger partial charge in [0.25, 0.3) is 0 Å². The van der Waals surface area contributed by atoms with Crippen molar-refractivity contribution < 1.29 is 19.4 Å². The van der Waals surface area contributed by atoms with E-state index in [0.717, 1.165) is 0 Å². The van der Waals surface area contributed by atoms with Crippen molar-refractivity contribution in [3.05, 3.63) is 29.8 Å². The Labute approximate surface area is 93.8 Å². The van der Waals surface area contributed by atoms with Gasteiger partial charge < -0.3 is 20.3 Å². The lowest BCUT2D eigenvalue weighted by atomic mass is 9.93. The molecule has 16 heavy (non-hydrogen) atoms. The SMILES string of the molecule is COC(=O)C(O)(CN)c1ccccc1OC. The first-order valence-corrected chi connectivity index (χ1v) is 4.74. The molecule has 5 nitrogen and oxygen atoms in total. The van der Waals surface area contributed by atoms with Crippen LogP contribution in [0.4, 0.5) is 0 Å². The predicted molar refractivity (Wildman–Crippen MR) is 58.0 cm³/mol. The number of ether oxygens (including phenoxy) is 2. The summed E-state index contributed by atoms with van der Waals surface area (Å²) in [5.74, 6) is -0.416. The van der Waals surface area contributed by atoms with Crippen LogP contribution >= 0.6 is 0 Å². The van der Waals surface area contributed by atoms with Gasteiger partial charge in [0.1, 0.15) is 5.75 Å². The molecule has 1 atom stereocenters. The van der Waals surface area contributed by atoms with Crippen molar-refractivity contribution in [2.45, 2.75) is 5.60 Å². The summed E-state index contributed by atoms with van der Waals surface area (Å²) < 4.78 is 9.60. The zero-order valence-corrected chi connectivity index (χ0v) is 9.27. The molecule has 0 aliphatic rings. The molecule has 1 rings (SSSR count). The van der Waals surface area contributed by atoms with E-state index in [2.05, 4.69) is 4.74 Å². The van der Waals surface area contributed by atoms with E-state index in [9.17, 15) is 9.90 Å². The van der Waals surface area contributed by atoms with Gasteiger partial charge in [0.15, 0.2) is 0 Å². The predicted octanol–water partition coefficient (Wildman–Crippen LogP) is 0.0145. The topological polar surface area (TPSA) is 81.8 Å². The first kappa shape index (κ1) is 12.5. The van der Waals surface area contributed by atoms with Crippen LogP contribution in [0.5, 0.6) is 5.75 Å². The maximum Gasteiger partial charge on any atom is 0.344 e. The lowest BCUT2D eigenvalue weighted by Gasteiger charge is -2.25. The average molecular weight is 225 g/mol. The van der Waals surface area contributed by atoms with Crippen LogP contribution in [-0.2, 0) is 15.1 Å². The molecule has 0 spiro atoms. The summed E-state index contributed by atoms with van der Waals surface area (Å²) in [6.07, 6.45) is 0. The van der Waals surface area contributed by atoms with Crippen molar-refractivity contribution in [3.63, 3.8) is 0 Å². The molecule has 3 N–H and O–H groups in total. The Balaban J connectivity index is 3.27. The molecule has 1 aromatic rings. The number of hydrogen-bond donors (Lipinski definition) is 2. The molecular formula is C11H15NO4. The minimum atomic E-state index is -1.87. The summed E-state index contributed by atoms with van der Waals surface area (Å²) in [6.45, 7) is -0.278. The molecule has 0 heterocycles. The van der Waals surface area contributed by atoms with Crippen molar-refractivity contribution in [1.29, 1.82) is 0 Å². The van der Waals surface area contributed by atoms with Crippen LogP contribution in [0.3, 0.4) is 0 Å². The third-order valence-corrected chi connectivity index (χ3v) is 2.37. The lowest BCUT2D eigenvalue weighted by Crippen LogP contribution is -2.43. The second-order valence-corrected chi connectivity index (χ2v) is 3.26. The molecule has 0 saturated heterocycles. The van der Waals surface area contributed by atoms with E-state index in [0.29, 0.717) is 11.3 Å². The van der Waals surface area contributed by atoms with E-state index in [1.165, 1.54) is 14.2 Å². The van der Waals surface area contributed by atoms with Gasteiger partial charge in [-0.05, 0) is 6.07 Å². The number of carbonyl (C=O) groups is 1. The van der Waals surface area contributed by atoms with Crippen molar-refractivity contribution >= 4 is 5.97 Å². The Morgan fingerprint density at radius 3 is 2.56 bits per heavy atom. The molecule has 0 aliphatic heterocycles. The summed E-state index contributed by atoms with van der Waals surface area (Å²) in [4.78, 5) is 11.5. The van der Waals surface area contributed by atoms with Crippen molar-refractivity contribution in [1.82, 2.24) is 0 Å². The number of para-hydroxylation sites is 1. The number of aliphatic hydroxyl groups is 1. The molecule has 0 aliphatic carbocycles. The van der Waals surface area contributed by atoms with Gasteiger partial charge in [0.2, 0.25) is 5.60 Å². The van der Waals surface area contributed by atoms with E-state index in [-0.39, 0.29) is 6.54 Å². The monoisotopic (exact) mass is 225 g/mol. The normalized spacial score (nSPS) is 14.0. The summed E-state index contributed by atoms with van der Waals surface area (Å²) in [5, 5.41) is 10.2. The molecular weight excluding hydrogens is 210 g/mol. The van der Waals surface area contributed by atoms with Gasteiger partial charge in [-0.2, -0.15) is 0 Å². The fraction of sp³-hybridized carbons (Fsp3) is 0.364. The lowest BCUT2D eigenvalue weighted by molar-refractivity contribution is -0.162. The first-order valence-electron chi connectivity index (χ1n) is 4.74. The molecule has 0 saturated carbocycles. The summed E-state index contributed by atoms with van der Waals surface area (Å²) in [7, 11) is 2.64. The fourth-order valence-electron chi connectivity index (χ4n) is 1.46. The number of esters is 1. The minimum Gasteiger partial charge on any atom is -0.496 e. The van der Waals surface area contributed by atoms with Gasteiger partial charge >= 0.3 is 5.97 Å². The van der Waals surface area contributed by atoms with Crippen LogP contribution in [0.25, 0.3) is 0 Å². The second-order valence-electron chi connectivity index (χ2n) is 3.26. The molecule has 1 aromatic carbocycles. The zero-order chi connectivity index (χ0) is 12.2. The standard InChI is InChI=1S/C11H15NO4/c1-15-9-6-4-3-5-8(9)11(14,7-12)10(13)16-2/h3-6,14H,7,12H2,1-2H3. The molecule has 88 valence electrons. The third kappa shape index (κ3) is 2.00. The van der Waals surface area contributed by atoms with Gasteiger partial charge in [-0.15, -0.1) is 0 Å². The Morgan fingerprint density at radius 1 is 1.44 bits per heavy atom. The molecule has 0 fully saturated rings. The number of carbonyl (C=O) groups excluding carboxylic acids is 1.